The average Bonchev–Trinajstić information content (AvgIpc) is 2.82. The fourth-order valence-corrected chi connectivity index (χ4v) is 3.39. The van der Waals surface area contributed by atoms with Gasteiger partial charge in [-0.1, -0.05) is 12.1 Å². The molecule has 11 nitrogen and oxygen atoms in total. The van der Waals surface area contributed by atoms with Gasteiger partial charge in [-0.3, -0.25) is 14.7 Å². The molecule has 3 rings (SSSR count). The van der Waals surface area contributed by atoms with E-state index in [4.69, 9.17) is 4.74 Å². The fourth-order valence-electron chi connectivity index (χ4n) is 3.39. The number of halogens is 3. The Hall–Kier alpha value is -4.49. The zero-order chi connectivity index (χ0) is 28.4. The van der Waals surface area contributed by atoms with E-state index in [1.165, 1.54) is 29.0 Å². The number of ether oxygens (including phenoxy) is 2. The monoisotopic (exact) mass is 548 g/mol. The smallest absolute Gasteiger partial charge is 0.447 e. The summed E-state index contributed by atoms with van der Waals surface area (Å²) in [5.74, 6) is -0.572. The molecule has 208 valence electrons. The topological polar surface area (TPSA) is 137 Å². The predicted octanol–water partition coefficient (Wildman–Crippen LogP) is 4.09. The van der Waals surface area contributed by atoms with E-state index in [0.717, 1.165) is 12.1 Å². The lowest BCUT2D eigenvalue weighted by Crippen LogP contribution is -2.25. The Bertz CT molecular complexity index is 1330. The molecule has 1 aromatic carbocycles. The molecule has 0 saturated heterocycles. The minimum Gasteiger partial charge on any atom is -0.447 e. The Labute approximate surface area is 221 Å². The number of nitrogens with zero attached hydrogens (tertiary/aromatic N) is 4. The van der Waals surface area contributed by atoms with Crippen molar-refractivity contribution in [1.29, 1.82) is 0 Å². The molecule has 0 unspecified atom stereocenters. The van der Waals surface area contributed by atoms with Gasteiger partial charge in [0.05, 0.1) is 18.2 Å². The van der Waals surface area contributed by atoms with Crippen LogP contribution in [-0.4, -0.2) is 44.2 Å². The lowest BCUT2D eigenvalue weighted by atomic mass is 10.1. The lowest BCUT2D eigenvalue weighted by Gasteiger charge is -2.10. The van der Waals surface area contributed by atoms with Crippen LogP contribution in [0.2, 0.25) is 0 Å². The predicted molar refractivity (Wildman–Crippen MR) is 134 cm³/mol. The van der Waals surface area contributed by atoms with E-state index in [-0.39, 0.29) is 24.2 Å². The normalized spacial score (nSPS) is 11.2. The molecule has 2 amide bonds. The summed E-state index contributed by atoms with van der Waals surface area (Å²) in [5, 5.41) is 13.0. The Morgan fingerprint density at radius 3 is 2.49 bits per heavy atom. The molecule has 0 spiro atoms. The first-order valence-electron chi connectivity index (χ1n) is 12.0. The number of nitrogens with one attached hydrogen (secondary N) is 2. The largest absolute Gasteiger partial charge is 0.573 e. The lowest BCUT2D eigenvalue weighted by molar-refractivity contribution is -0.274. The summed E-state index contributed by atoms with van der Waals surface area (Å²) in [5.41, 5.74) is 0.517. The minimum atomic E-state index is -4.82. The standard InChI is InChI=1S/C25H27F3N6O5/c1-16(2)38-24(37)31-20-11-13-34(23(36)30-20)12-4-3-7-18-9-10-21(33-32-18)29-22(35)15-17-6-5-8-19(14-17)39-25(26,27)28/h5-6,8-11,13-14,16H,3-4,7,12,15H2,1-2H3,(H,29,33,35)(H,30,31,36,37). The fraction of sp³-hybridized carbons (Fsp3) is 0.360. The third-order valence-corrected chi connectivity index (χ3v) is 5.01. The second-order valence-electron chi connectivity index (χ2n) is 8.65. The number of hydrogen-bond donors (Lipinski definition) is 2. The Morgan fingerprint density at radius 2 is 1.82 bits per heavy atom. The zero-order valence-electron chi connectivity index (χ0n) is 21.2. The highest BCUT2D eigenvalue weighted by Crippen LogP contribution is 2.23. The van der Waals surface area contributed by atoms with E-state index in [2.05, 4.69) is 30.6 Å². The van der Waals surface area contributed by atoms with Crippen molar-refractivity contribution in [1.82, 2.24) is 19.7 Å². The summed E-state index contributed by atoms with van der Waals surface area (Å²) in [6, 6.07) is 9.95. The van der Waals surface area contributed by atoms with Crippen molar-refractivity contribution in [2.75, 3.05) is 10.6 Å². The van der Waals surface area contributed by atoms with Crippen LogP contribution in [0.15, 0.2) is 53.5 Å². The minimum absolute atomic E-state index is 0.105. The maximum Gasteiger partial charge on any atom is 0.573 e. The maximum absolute atomic E-state index is 12.4. The zero-order valence-corrected chi connectivity index (χ0v) is 21.2. The quantitative estimate of drug-likeness (QED) is 0.342. The van der Waals surface area contributed by atoms with Gasteiger partial charge in [-0.15, -0.1) is 18.3 Å². The SMILES string of the molecule is CC(C)OC(=O)Nc1ccn(CCCCc2ccc(NC(=O)Cc3cccc(OC(F)(F)F)c3)nn2)c(=O)n1. The molecule has 0 saturated carbocycles. The first-order valence-corrected chi connectivity index (χ1v) is 12.0. The van der Waals surface area contributed by atoms with Crippen LogP contribution in [0.4, 0.5) is 29.6 Å². The van der Waals surface area contributed by atoms with Gasteiger partial charge in [0.25, 0.3) is 0 Å². The Balaban J connectivity index is 1.42. The van der Waals surface area contributed by atoms with Crippen molar-refractivity contribution >= 4 is 23.6 Å². The van der Waals surface area contributed by atoms with Crippen molar-refractivity contribution < 1.29 is 32.2 Å². The van der Waals surface area contributed by atoms with Crippen LogP contribution >= 0.6 is 0 Å². The number of rotatable bonds is 11. The molecule has 0 bridgehead atoms. The van der Waals surface area contributed by atoms with Crippen LogP contribution in [0.25, 0.3) is 0 Å². The van der Waals surface area contributed by atoms with E-state index in [0.29, 0.717) is 37.1 Å². The third-order valence-electron chi connectivity index (χ3n) is 5.01. The molecule has 3 aromatic rings. The first-order chi connectivity index (χ1) is 18.5. The van der Waals surface area contributed by atoms with Gasteiger partial charge in [-0.05, 0) is 69.0 Å². The molecule has 0 aliphatic carbocycles. The average molecular weight is 549 g/mol. The second-order valence-corrected chi connectivity index (χ2v) is 8.65. The number of aromatic nitrogens is 4. The van der Waals surface area contributed by atoms with E-state index < -0.39 is 29.8 Å². The third kappa shape index (κ3) is 10.4. The highest BCUT2D eigenvalue weighted by molar-refractivity contribution is 5.91. The Morgan fingerprint density at radius 1 is 1.03 bits per heavy atom. The highest BCUT2D eigenvalue weighted by Gasteiger charge is 2.31. The van der Waals surface area contributed by atoms with Crippen LogP contribution in [0.3, 0.4) is 0 Å². The van der Waals surface area contributed by atoms with Gasteiger partial charge in [0.2, 0.25) is 5.91 Å². The number of hydrogen-bond acceptors (Lipinski definition) is 8. The summed E-state index contributed by atoms with van der Waals surface area (Å²) in [4.78, 5) is 39.9. The van der Waals surface area contributed by atoms with Gasteiger partial charge in [0.1, 0.15) is 11.6 Å². The van der Waals surface area contributed by atoms with Crippen LogP contribution in [-0.2, 0) is 28.9 Å². The number of anilines is 2. The maximum atomic E-state index is 12.4. The van der Waals surface area contributed by atoms with Gasteiger partial charge >= 0.3 is 18.1 Å². The molecule has 0 atom stereocenters. The van der Waals surface area contributed by atoms with E-state index >= 15 is 0 Å². The van der Waals surface area contributed by atoms with Crippen LogP contribution in [0.1, 0.15) is 37.9 Å². The van der Waals surface area contributed by atoms with Gasteiger partial charge < -0.3 is 14.8 Å². The molecule has 0 fully saturated rings. The number of amides is 2. The van der Waals surface area contributed by atoms with Crippen molar-refractivity contribution in [3.05, 3.63) is 70.4 Å². The number of benzene rings is 1. The van der Waals surface area contributed by atoms with Crippen molar-refractivity contribution in [2.45, 2.75) is 58.5 Å². The summed E-state index contributed by atoms with van der Waals surface area (Å²) >= 11 is 0. The molecule has 2 N–H and O–H groups in total. The number of carbonyl (C=O) groups excluding carboxylic acids is 2. The number of carbonyl (C=O) groups is 2. The van der Waals surface area contributed by atoms with E-state index in [1.54, 1.807) is 26.0 Å². The summed E-state index contributed by atoms with van der Waals surface area (Å²) in [6.45, 7) is 3.83. The molecule has 2 aromatic heterocycles. The number of alkyl halides is 3. The molecule has 39 heavy (non-hydrogen) atoms. The van der Waals surface area contributed by atoms with Crippen LogP contribution in [0.5, 0.6) is 5.75 Å². The number of aryl methyl sites for hydroxylation is 2. The second kappa shape index (κ2) is 13.3. The van der Waals surface area contributed by atoms with E-state index in [9.17, 15) is 27.6 Å². The Kier molecular flexibility index (Phi) is 9.95. The van der Waals surface area contributed by atoms with Crippen molar-refractivity contribution in [3.8, 4) is 5.75 Å². The summed E-state index contributed by atoms with van der Waals surface area (Å²) in [6.07, 6.45) is -2.51. The highest BCUT2D eigenvalue weighted by atomic mass is 19.4. The first kappa shape index (κ1) is 29.1. The van der Waals surface area contributed by atoms with Crippen molar-refractivity contribution in [3.63, 3.8) is 0 Å². The molecule has 0 aliphatic rings. The molecule has 0 aliphatic heterocycles. The summed E-state index contributed by atoms with van der Waals surface area (Å²) < 4.78 is 47.4. The van der Waals surface area contributed by atoms with Gasteiger partial charge in [0.15, 0.2) is 5.82 Å². The van der Waals surface area contributed by atoms with Gasteiger partial charge in [0, 0.05) is 12.7 Å². The van der Waals surface area contributed by atoms with E-state index in [1.807, 2.05) is 0 Å². The molecule has 2 heterocycles. The summed E-state index contributed by atoms with van der Waals surface area (Å²) in [7, 11) is 0. The van der Waals surface area contributed by atoms with Gasteiger partial charge in [-0.2, -0.15) is 10.1 Å². The molecular formula is C25H27F3N6O5. The molecular weight excluding hydrogens is 521 g/mol. The van der Waals surface area contributed by atoms with Gasteiger partial charge in [-0.25, -0.2) is 9.59 Å². The van der Waals surface area contributed by atoms with Crippen LogP contribution in [0, 0.1) is 0 Å². The van der Waals surface area contributed by atoms with Crippen LogP contribution < -0.4 is 21.1 Å². The molecule has 14 heteroatoms. The van der Waals surface area contributed by atoms with Crippen molar-refractivity contribution in [2.24, 2.45) is 0 Å². The number of unbranched alkanes of at least 4 members (excludes halogenated alkanes) is 1. The molecule has 0 radical (unpaired) electrons.